The Morgan fingerprint density at radius 3 is 2.82 bits per heavy atom. The van der Waals surface area contributed by atoms with Gasteiger partial charge in [-0.2, -0.15) is 5.10 Å². The van der Waals surface area contributed by atoms with Gasteiger partial charge in [0.1, 0.15) is 0 Å². The van der Waals surface area contributed by atoms with Gasteiger partial charge in [0.05, 0.1) is 5.69 Å². The lowest BCUT2D eigenvalue weighted by Gasteiger charge is -2.15. The van der Waals surface area contributed by atoms with E-state index in [9.17, 15) is 0 Å². The Kier molecular flexibility index (Phi) is 6.89. The SMILES string of the molecule is CCCNCCN(C)Cc1cc(CCC)n[nH]1. The molecule has 0 amide bonds. The Hall–Kier alpha value is -0.870. The normalized spacial score (nSPS) is 11.3. The first-order valence-electron chi connectivity index (χ1n) is 6.68. The van der Waals surface area contributed by atoms with E-state index in [4.69, 9.17) is 0 Å². The number of nitrogens with one attached hydrogen (secondary N) is 2. The summed E-state index contributed by atoms with van der Waals surface area (Å²) in [5.74, 6) is 0. The van der Waals surface area contributed by atoms with Crippen LogP contribution in [0.3, 0.4) is 0 Å². The van der Waals surface area contributed by atoms with E-state index in [1.54, 1.807) is 0 Å². The minimum atomic E-state index is 0.949. The topological polar surface area (TPSA) is 44.0 Å². The van der Waals surface area contributed by atoms with Crippen LogP contribution in [0.25, 0.3) is 0 Å². The van der Waals surface area contributed by atoms with Crippen LogP contribution in [-0.4, -0.2) is 41.8 Å². The van der Waals surface area contributed by atoms with E-state index in [0.717, 1.165) is 39.0 Å². The molecule has 0 spiro atoms. The summed E-state index contributed by atoms with van der Waals surface area (Å²) < 4.78 is 0. The summed E-state index contributed by atoms with van der Waals surface area (Å²) in [7, 11) is 2.15. The lowest BCUT2D eigenvalue weighted by Crippen LogP contribution is -2.29. The maximum atomic E-state index is 4.30. The molecule has 0 atom stereocenters. The van der Waals surface area contributed by atoms with Crippen molar-refractivity contribution in [3.63, 3.8) is 0 Å². The quantitative estimate of drug-likeness (QED) is 0.645. The van der Waals surface area contributed by atoms with Crippen LogP contribution < -0.4 is 5.32 Å². The van der Waals surface area contributed by atoms with E-state index in [-0.39, 0.29) is 0 Å². The van der Waals surface area contributed by atoms with Gasteiger partial charge in [0, 0.05) is 25.3 Å². The van der Waals surface area contributed by atoms with Gasteiger partial charge in [0.15, 0.2) is 0 Å². The van der Waals surface area contributed by atoms with Gasteiger partial charge in [-0.05, 0) is 32.5 Å². The molecule has 0 aliphatic carbocycles. The van der Waals surface area contributed by atoms with E-state index in [1.807, 2.05) is 0 Å². The highest BCUT2D eigenvalue weighted by Gasteiger charge is 2.03. The third-order valence-corrected chi connectivity index (χ3v) is 2.73. The molecule has 0 aliphatic heterocycles. The van der Waals surface area contributed by atoms with Crippen LogP contribution in [0.15, 0.2) is 6.07 Å². The Morgan fingerprint density at radius 2 is 2.12 bits per heavy atom. The zero-order valence-electron chi connectivity index (χ0n) is 11.4. The average Bonchev–Trinajstić information content (AvgIpc) is 2.73. The van der Waals surface area contributed by atoms with Crippen molar-refractivity contribution in [3.8, 4) is 0 Å². The van der Waals surface area contributed by atoms with Gasteiger partial charge in [0.25, 0.3) is 0 Å². The fourth-order valence-corrected chi connectivity index (χ4v) is 1.82. The third kappa shape index (κ3) is 5.84. The Balaban J connectivity index is 2.22. The molecule has 0 aromatic carbocycles. The summed E-state index contributed by atoms with van der Waals surface area (Å²) in [6, 6.07) is 2.18. The van der Waals surface area contributed by atoms with Crippen LogP contribution in [-0.2, 0) is 13.0 Å². The van der Waals surface area contributed by atoms with Crippen molar-refractivity contribution in [2.75, 3.05) is 26.7 Å². The van der Waals surface area contributed by atoms with Gasteiger partial charge < -0.3 is 5.32 Å². The van der Waals surface area contributed by atoms with Crippen LogP contribution in [0, 0.1) is 0 Å². The molecule has 0 unspecified atom stereocenters. The summed E-state index contributed by atoms with van der Waals surface area (Å²) in [5, 5.41) is 10.8. The molecule has 2 N–H and O–H groups in total. The van der Waals surface area contributed by atoms with Gasteiger partial charge >= 0.3 is 0 Å². The number of aromatic nitrogens is 2. The number of rotatable bonds is 9. The van der Waals surface area contributed by atoms with E-state index < -0.39 is 0 Å². The molecule has 0 aliphatic rings. The van der Waals surface area contributed by atoms with Gasteiger partial charge in [-0.1, -0.05) is 20.3 Å². The second-order valence-corrected chi connectivity index (χ2v) is 4.62. The summed E-state index contributed by atoms with van der Waals surface area (Å²) in [6.07, 6.45) is 3.42. The first kappa shape index (κ1) is 14.2. The Labute approximate surface area is 105 Å². The highest BCUT2D eigenvalue weighted by atomic mass is 15.2. The summed E-state index contributed by atoms with van der Waals surface area (Å²) >= 11 is 0. The van der Waals surface area contributed by atoms with Crippen LogP contribution >= 0.6 is 0 Å². The number of hydrogen-bond acceptors (Lipinski definition) is 3. The molecule has 1 rings (SSSR count). The predicted octanol–water partition coefficient (Wildman–Crippen LogP) is 1.79. The number of likely N-dealkylation sites (N-methyl/N-ethyl adjacent to an activating group) is 1. The molecule has 0 radical (unpaired) electrons. The van der Waals surface area contributed by atoms with Crippen LogP contribution in [0.4, 0.5) is 0 Å². The zero-order valence-corrected chi connectivity index (χ0v) is 11.4. The number of aromatic amines is 1. The van der Waals surface area contributed by atoms with Crippen molar-refractivity contribution in [2.45, 2.75) is 39.7 Å². The van der Waals surface area contributed by atoms with Crippen LogP contribution in [0.5, 0.6) is 0 Å². The number of nitrogens with zero attached hydrogens (tertiary/aromatic N) is 2. The van der Waals surface area contributed by atoms with Crippen molar-refractivity contribution in [3.05, 3.63) is 17.5 Å². The Morgan fingerprint density at radius 1 is 1.29 bits per heavy atom. The minimum Gasteiger partial charge on any atom is -0.315 e. The van der Waals surface area contributed by atoms with E-state index in [2.05, 4.69) is 47.4 Å². The smallest absolute Gasteiger partial charge is 0.0625 e. The lowest BCUT2D eigenvalue weighted by molar-refractivity contribution is 0.320. The molecule has 0 bridgehead atoms. The highest BCUT2D eigenvalue weighted by molar-refractivity contribution is 5.08. The molecule has 17 heavy (non-hydrogen) atoms. The summed E-state index contributed by atoms with van der Waals surface area (Å²) in [6.45, 7) is 8.56. The van der Waals surface area contributed by atoms with Crippen molar-refractivity contribution in [2.24, 2.45) is 0 Å². The second kappa shape index (κ2) is 8.25. The van der Waals surface area contributed by atoms with Gasteiger partial charge in [-0.15, -0.1) is 0 Å². The highest BCUT2D eigenvalue weighted by Crippen LogP contribution is 2.04. The van der Waals surface area contributed by atoms with E-state index >= 15 is 0 Å². The fourth-order valence-electron chi connectivity index (χ4n) is 1.82. The van der Waals surface area contributed by atoms with E-state index in [1.165, 1.54) is 17.8 Å². The summed E-state index contributed by atoms with van der Waals surface area (Å²) in [5.41, 5.74) is 2.39. The molecule has 0 fully saturated rings. The molecule has 0 saturated carbocycles. The molecular formula is C13H26N4. The van der Waals surface area contributed by atoms with Crippen molar-refractivity contribution in [1.82, 2.24) is 20.4 Å². The van der Waals surface area contributed by atoms with Crippen molar-refractivity contribution >= 4 is 0 Å². The first-order valence-corrected chi connectivity index (χ1v) is 6.68. The van der Waals surface area contributed by atoms with Crippen molar-refractivity contribution < 1.29 is 0 Å². The van der Waals surface area contributed by atoms with E-state index in [0.29, 0.717) is 0 Å². The number of hydrogen-bond donors (Lipinski definition) is 2. The van der Waals surface area contributed by atoms with Crippen molar-refractivity contribution in [1.29, 1.82) is 0 Å². The van der Waals surface area contributed by atoms with Crippen LogP contribution in [0.1, 0.15) is 38.1 Å². The summed E-state index contributed by atoms with van der Waals surface area (Å²) in [4.78, 5) is 2.31. The molecule has 1 heterocycles. The molecule has 98 valence electrons. The molecule has 0 saturated heterocycles. The number of aryl methyl sites for hydroxylation is 1. The van der Waals surface area contributed by atoms with Crippen LogP contribution in [0.2, 0.25) is 0 Å². The average molecular weight is 238 g/mol. The van der Waals surface area contributed by atoms with Gasteiger partial charge in [-0.25, -0.2) is 0 Å². The van der Waals surface area contributed by atoms with Gasteiger partial charge in [0.2, 0.25) is 0 Å². The molecule has 4 nitrogen and oxygen atoms in total. The third-order valence-electron chi connectivity index (χ3n) is 2.73. The predicted molar refractivity (Wildman–Crippen MR) is 72.1 cm³/mol. The minimum absolute atomic E-state index is 0.949. The molecule has 4 heteroatoms. The van der Waals surface area contributed by atoms with Gasteiger partial charge in [-0.3, -0.25) is 10.00 Å². The molecule has 1 aromatic rings. The maximum absolute atomic E-state index is 4.30. The Bertz CT molecular complexity index is 295. The number of H-pyrrole nitrogens is 1. The first-order chi connectivity index (χ1) is 8.26. The fraction of sp³-hybridized carbons (Fsp3) is 0.769. The maximum Gasteiger partial charge on any atom is 0.0625 e. The largest absolute Gasteiger partial charge is 0.315 e. The molecular weight excluding hydrogens is 212 g/mol. The lowest BCUT2D eigenvalue weighted by atomic mass is 10.2. The second-order valence-electron chi connectivity index (χ2n) is 4.62. The monoisotopic (exact) mass is 238 g/mol. The standard InChI is InChI=1S/C13H26N4/c1-4-6-12-10-13(16-15-12)11-17(3)9-8-14-7-5-2/h10,14H,4-9,11H2,1-3H3,(H,15,16). The molecule has 1 aromatic heterocycles. The zero-order chi connectivity index (χ0) is 12.5.